The summed E-state index contributed by atoms with van der Waals surface area (Å²) in [5.41, 5.74) is 2.35. The Morgan fingerprint density at radius 1 is 1.11 bits per heavy atom. The molecule has 5 heteroatoms. The lowest BCUT2D eigenvalue weighted by atomic mass is 10.1. The molecule has 1 aliphatic heterocycles. The van der Waals surface area contributed by atoms with Gasteiger partial charge < -0.3 is 15.0 Å². The number of aryl methyl sites for hydroxylation is 1. The van der Waals surface area contributed by atoms with Gasteiger partial charge in [-0.2, -0.15) is 0 Å². The molecule has 0 fully saturated rings. The van der Waals surface area contributed by atoms with E-state index in [-0.39, 0.29) is 11.9 Å². The number of carbonyl (C=O) groups is 1. The Balaban J connectivity index is 1.38. The van der Waals surface area contributed by atoms with Crippen molar-refractivity contribution in [3.8, 4) is 5.75 Å². The van der Waals surface area contributed by atoms with Crippen molar-refractivity contribution in [1.82, 2.24) is 5.32 Å². The zero-order chi connectivity index (χ0) is 19.3. The van der Waals surface area contributed by atoms with E-state index in [1.807, 2.05) is 36.4 Å². The molecule has 0 saturated heterocycles. The lowest BCUT2D eigenvalue weighted by Gasteiger charge is -2.29. The van der Waals surface area contributed by atoms with Crippen LogP contribution in [0.4, 0.5) is 10.7 Å². The van der Waals surface area contributed by atoms with Gasteiger partial charge in [-0.25, -0.2) is 0 Å². The average molecular weight is 393 g/mol. The maximum atomic E-state index is 12.7. The molecule has 0 bridgehead atoms. The lowest BCUT2D eigenvalue weighted by Crippen LogP contribution is -2.32. The van der Waals surface area contributed by atoms with Gasteiger partial charge in [0.2, 0.25) is 0 Å². The molecule has 4 nitrogen and oxygen atoms in total. The van der Waals surface area contributed by atoms with Crippen LogP contribution in [-0.2, 0) is 6.42 Å². The zero-order valence-electron chi connectivity index (χ0n) is 15.9. The first-order chi connectivity index (χ1) is 13.7. The van der Waals surface area contributed by atoms with Crippen LogP contribution in [0.15, 0.2) is 66.7 Å². The molecule has 0 aliphatic carbocycles. The van der Waals surface area contributed by atoms with Crippen molar-refractivity contribution >= 4 is 27.9 Å². The molecule has 0 unspecified atom stereocenters. The molecule has 0 spiro atoms. The van der Waals surface area contributed by atoms with Gasteiger partial charge in [0.1, 0.15) is 12.4 Å². The molecular formula is C23H24N2O2S. The van der Waals surface area contributed by atoms with E-state index in [1.54, 1.807) is 0 Å². The van der Waals surface area contributed by atoms with Gasteiger partial charge in [-0.3, -0.25) is 4.79 Å². The second kappa shape index (κ2) is 8.48. The highest BCUT2D eigenvalue weighted by Crippen LogP contribution is 2.39. The first kappa shape index (κ1) is 18.6. The summed E-state index contributed by atoms with van der Waals surface area (Å²) in [5, 5.41) is 4.20. The number of fused-ring (bicyclic) bond motifs is 1. The van der Waals surface area contributed by atoms with E-state index in [9.17, 15) is 4.79 Å². The largest absolute Gasteiger partial charge is 0.490 e. The monoisotopic (exact) mass is 392 g/mol. The van der Waals surface area contributed by atoms with Gasteiger partial charge in [0.05, 0.1) is 22.1 Å². The Morgan fingerprint density at radius 3 is 2.75 bits per heavy atom. The van der Waals surface area contributed by atoms with Crippen molar-refractivity contribution < 1.29 is 9.53 Å². The molecule has 1 aliphatic rings. The molecule has 1 aromatic heterocycles. The maximum Gasteiger partial charge on any atom is 0.261 e. The average Bonchev–Trinajstić information content (AvgIpc) is 3.23. The SMILES string of the molecule is C[C@@H](CCc1ccccc1)NC(=O)c1ccc(N2CCOc3ccccc32)s1. The van der Waals surface area contributed by atoms with Crippen molar-refractivity contribution in [3.05, 3.63) is 77.2 Å². The van der Waals surface area contributed by atoms with Crippen molar-refractivity contribution in [3.63, 3.8) is 0 Å². The number of para-hydroxylation sites is 2. The van der Waals surface area contributed by atoms with Crippen molar-refractivity contribution in [2.75, 3.05) is 18.1 Å². The Hall–Kier alpha value is -2.79. The molecule has 1 amide bonds. The fourth-order valence-corrected chi connectivity index (χ4v) is 4.34. The molecular weight excluding hydrogens is 368 g/mol. The van der Waals surface area contributed by atoms with E-state index >= 15 is 0 Å². The number of carbonyl (C=O) groups excluding carboxylic acids is 1. The predicted molar refractivity (Wildman–Crippen MR) is 115 cm³/mol. The van der Waals surface area contributed by atoms with Crippen LogP contribution in [0, 0.1) is 0 Å². The first-order valence-electron chi connectivity index (χ1n) is 9.65. The molecule has 28 heavy (non-hydrogen) atoms. The van der Waals surface area contributed by atoms with Gasteiger partial charge in [-0.05, 0) is 49.6 Å². The Labute approximate surface area is 169 Å². The molecule has 2 heterocycles. The summed E-state index contributed by atoms with van der Waals surface area (Å²) in [7, 11) is 0. The third-order valence-electron chi connectivity index (χ3n) is 4.90. The fraction of sp³-hybridized carbons (Fsp3) is 0.261. The van der Waals surface area contributed by atoms with E-state index in [2.05, 4.69) is 47.5 Å². The number of thiophene rings is 1. The third kappa shape index (κ3) is 4.20. The van der Waals surface area contributed by atoms with E-state index < -0.39 is 0 Å². The van der Waals surface area contributed by atoms with Gasteiger partial charge in [0, 0.05) is 6.04 Å². The fourth-order valence-electron chi connectivity index (χ4n) is 3.39. The number of ether oxygens (including phenoxy) is 1. The second-order valence-corrected chi connectivity index (χ2v) is 8.07. The predicted octanol–water partition coefficient (Wildman–Crippen LogP) is 5.03. The highest BCUT2D eigenvalue weighted by Gasteiger charge is 2.21. The third-order valence-corrected chi connectivity index (χ3v) is 6.00. The standard InChI is InChI=1S/C23H24N2O2S/c1-17(11-12-18-7-3-2-4-8-18)24-23(26)21-13-14-22(28-21)25-15-16-27-20-10-6-5-9-19(20)25/h2-10,13-14,17H,11-12,15-16H2,1H3,(H,24,26)/t17-/m0/s1. The van der Waals surface area contributed by atoms with Crippen LogP contribution in [0.25, 0.3) is 0 Å². The summed E-state index contributed by atoms with van der Waals surface area (Å²) in [6.07, 6.45) is 1.88. The van der Waals surface area contributed by atoms with Crippen LogP contribution >= 0.6 is 11.3 Å². The molecule has 0 saturated carbocycles. The minimum Gasteiger partial charge on any atom is -0.490 e. The van der Waals surface area contributed by atoms with Gasteiger partial charge in [0.25, 0.3) is 5.91 Å². The highest BCUT2D eigenvalue weighted by atomic mass is 32.1. The minimum atomic E-state index is -0.00152. The molecule has 2 aromatic carbocycles. The van der Waals surface area contributed by atoms with Crippen LogP contribution < -0.4 is 15.0 Å². The second-order valence-electron chi connectivity index (χ2n) is 7.00. The first-order valence-corrected chi connectivity index (χ1v) is 10.5. The molecule has 0 radical (unpaired) electrons. The number of hydrogen-bond acceptors (Lipinski definition) is 4. The molecule has 1 atom stereocenters. The summed E-state index contributed by atoms with van der Waals surface area (Å²) in [6.45, 7) is 3.49. The number of rotatable bonds is 6. The van der Waals surface area contributed by atoms with Crippen molar-refractivity contribution in [2.45, 2.75) is 25.8 Å². The van der Waals surface area contributed by atoms with E-state index in [0.717, 1.165) is 40.7 Å². The smallest absolute Gasteiger partial charge is 0.261 e. The van der Waals surface area contributed by atoms with E-state index in [4.69, 9.17) is 4.74 Å². The molecule has 144 valence electrons. The lowest BCUT2D eigenvalue weighted by molar-refractivity contribution is 0.0942. The van der Waals surface area contributed by atoms with Gasteiger partial charge in [-0.15, -0.1) is 11.3 Å². The highest BCUT2D eigenvalue weighted by molar-refractivity contribution is 7.18. The summed E-state index contributed by atoms with van der Waals surface area (Å²) >= 11 is 1.53. The molecule has 3 aromatic rings. The topological polar surface area (TPSA) is 41.6 Å². The quantitative estimate of drug-likeness (QED) is 0.640. The van der Waals surface area contributed by atoms with Crippen LogP contribution in [0.1, 0.15) is 28.6 Å². The van der Waals surface area contributed by atoms with Gasteiger partial charge in [-0.1, -0.05) is 42.5 Å². The summed E-state index contributed by atoms with van der Waals surface area (Å²) in [6, 6.07) is 22.5. The van der Waals surface area contributed by atoms with Crippen molar-refractivity contribution in [2.24, 2.45) is 0 Å². The Kier molecular flexibility index (Phi) is 5.63. The number of nitrogens with zero attached hydrogens (tertiary/aromatic N) is 1. The Bertz CT molecular complexity index is 939. The summed E-state index contributed by atoms with van der Waals surface area (Å²) in [5.74, 6) is 0.890. The maximum absolute atomic E-state index is 12.7. The van der Waals surface area contributed by atoms with Gasteiger partial charge in [0.15, 0.2) is 0 Å². The van der Waals surface area contributed by atoms with Crippen LogP contribution in [0.2, 0.25) is 0 Å². The molecule has 1 N–H and O–H groups in total. The van der Waals surface area contributed by atoms with Crippen molar-refractivity contribution in [1.29, 1.82) is 0 Å². The number of benzene rings is 2. The minimum absolute atomic E-state index is 0.00152. The summed E-state index contributed by atoms with van der Waals surface area (Å²) < 4.78 is 5.73. The van der Waals surface area contributed by atoms with E-state index in [0.29, 0.717) is 6.61 Å². The zero-order valence-corrected chi connectivity index (χ0v) is 16.7. The summed E-state index contributed by atoms with van der Waals surface area (Å²) in [4.78, 5) is 15.6. The number of hydrogen-bond donors (Lipinski definition) is 1. The number of nitrogens with one attached hydrogen (secondary N) is 1. The normalized spacial score (nSPS) is 14.1. The van der Waals surface area contributed by atoms with Crippen LogP contribution in [0.5, 0.6) is 5.75 Å². The van der Waals surface area contributed by atoms with E-state index in [1.165, 1.54) is 16.9 Å². The number of amides is 1. The van der Waals surface area contributed by atoms with Crippen LogP contribution in [0.3, 0.4) is 0 Å². The molecule has 4 rings (SSSR count). The van der Waals surface area contributed by atoms with Gasteiger partial charge >= 0.3 is 0 Å². The number of anilines is 2. The van der Waals surface area contributed by atoms with Crippen LogP contribution in [-0.4, -0.2) is 25.1 Å². The Morgan fingerprint density at radius 2 is 1.89 bits per heavy atom.